The second-order valence-electron chi connectivity index (χ2n) is 5.00. The molecular formula is C13H17N3O3. The maximum absolute atomic E-state index is 11.8. The van der Waals surface area contributed by atoms with Gasteiger partial charge in [0.1, 0.15) is 0 Å². The average Bonchev–Trinajstić information content (AvgIpc) is 2.95. The Labute approximate surface area is 111 Å². The molecule has 2 unspecified atom stereocenters. The van der Waals surface area contributed by atoms with E-state index in [9.17, 15) is 4.79 Å². The molecule has 2 amide bonds. The lowest BCUT2D eigenvalue weighted by molar-refractivity contribution is 0.174. The number of amides is 2. The SMILES string of the molecule is CC(N)CN1CC(c2ccc3c(c2)OCO3)NC1=O. The molecule has 1 saturated heterocycles. The fourth-order valence-electron chi connectivity index (χ4n) is 2.41. The van der Waals surface area contributed by atoms with Gasteiger partial charge in [0.2, 0.25) is 6.79 Å². The number of carbonyl (C=O) groups is 1. The highest BCUT2D eigenvalue weighted by Gasteiger charge is 2.30. The van der Waals surface area contributed by atoms with Crippen LogP contribution in [-0.4, -0.2) is 36.9 Å². The third-order valence-electron chi connectivity index (χ3n) is 3.30. The topological polar surface area (TPSA) is 76.8 Å². The summed E-state index contributed by atoms with van der Waals surface area (Å²) < 4.78 is 10.6. The van der Waals surface area contributed by atoms with Crippen molar-refractivity contribution in [3.63, 3.8) is 0 Å². The largest absolute Gasteiger partial charge is 0.454 e. The number of hydrogen-bond acceptors (Lipinski definition) is 4. The monoisotopic (exact) mass is 263 g/mol. The van der Waals surface area contributed by atoms with Crippen molar-refractivity contribution in [2.75, 3.05) is 19.9 Å². The van der Waals surface area contributed by atoms with Crippen molar-refractivity contribution in [2.24, 2.45) is 5.73 Å². The highest BCUT2D eigenvalue weighted by Crippen LogP contribution is 2.35. The van der Waals surface area contributed by atoms with Crippen molar-refractivity contribution in [1.29, 1.82) is 0 Å². The van der Waals surface area contributed by atoms with Crippen LogP contribution < -0.4 is 20.5 Å². The van der Waals surface area contributed by atoms with E-state index < -0.39 is 0 Å². The first-order valence-corrected chi connectivity index (χ1v) is 6.34. The van der Waals surface area contributed by atoms with Crippen molar-refractivity contribution in [2.45, 2.75) is 19.0 Å². The van der Waals surface area contributed by atoms with Crippen molar-refractivity contribution >= 4 is 6.03 Å². The number of fused-ring (bicyclic) bond motifs is 1. The predicted molar refractivity (Wildman–Crippen MR) is 69.1 cm³/mol. The van der Waals surface area contributed by atoms with E-state index in [1.807, 2.05) is 25.1 Å². The summed E-state index contributed by atoms with van der Waals surface area (Å²) in [5.74, 6) is 1.48. The lowest BCUT2D eigenvalue weighted by atomic mass is 10.1. The number of carbonyl (C=O) groups excluding carboxylic acids is 1. The molecule has 3 N–H and O–H groups in total. The Kier molecular flexibility index (Phi) is 2.94. The van der Waals surface area contributed by atoms with Crippen molar-refractivity contribution in [3.8, 4) is 11.5 Å². The molecule has 1 aromatic rings. The molecule has 0 radical (unpaired) electrons. The first-order chi connectivity index (χ1) is 9.13. The van der Waals surface area contributed by atoms with Crippen LogP contribution in [0.5, 0.6) is 11.5 Å². The van der Waals surface area contributed by atoms with Gasteiger partial charge < -0.3 is 25.4 Å². The van der Waals surface area contributed by atoms with Crippen LogP contribution in [0.1, 0.15) is 18.5 Å². The number of hydrogen-bond donors (Lipinski definition) is 2. The van der Waals surface area contributed by atoms with Crippen LogP contribution in [-0.2, 0) is 0 Å². The third-order valence-corrected chi connectivity index (χ3v) is 3.30. The van der Waals surface area contributed by atoms with Gasteiger partial charge in [0.25, 0.3) is 0 Å². The molecule has 2 aliphatic rings. The van der Waals surface area contributed by atoms with Gasteiger partial charge in [-0.2, -0.15) is 0 Å². The van der Waals surface area contributed by atoms with Gasteiger partial charge in [-0.3, -0.25) is 0 Å². The molecular weight excluding hydrogens is 246 g/mol. The smallest absolute Gasteiger partial charge is 0.318 e. The van der Waals surface area contributed by atoms with Crippen molar-refractivity contribution < 1.29 is 14.3 Å². The Morgan fingerprint density at radius 3 is 3.05 bits per heavy atom. The van der Waals surface area contributed by atoms with Gasteiger partial charge in [0.05, 0.1) is 6.04 Å². The molecule has 3 rings (SSSR count). The molecule has 0 bridgehead atoms. The highest BCUT2D eigenvalue weighted by atomic mass is 16.7. The molecule has 2 heterocycles. The Morgan fingerprint density at radius 1 is 1.47 bits per heavy atom. The summed E-state index contributed by atoms with van der Waals surface area (Å²) in [5.41, 5.74) is 6.75. The van der Waals surface area contributed by atoms with Crippen molar-refractivity contribution in [3.05, 3.63) is 23.8 Å². The lowest BCUT2D eigenvalue weighted by Crippen LogP contribution is -2.37. The van der Waals surface area contributed by atoms with Crippen LogP contribution in [0.15, 0.2) is 18.2 Å². The summed E-state index contributed by atoms with van der Waals surface area (Å²) in [6.07, 6.45) is 0. The fraction of sp³-hybridized carbons (Fsp3) is 0.462. The minimum absolute atomic E-state index is 0.0266. The molecule has 19 heavy (non-hydrogen) atoms. The van der Waals surface area contributed by atoms with Gasteiger partial charge in [-0.1, -0.05) is 6.07 Å². The van der Waals surface area contributed by atoms with E-state index in [1.54, 1.807) is 4.90 Å². The number of rotatable bonds is 3. The molecule has 1 fully saturated rings. The van der Waals surface area contributed by atoms with Crippen LogP contribution in [0.3, 0.4) is 0 Å². The summed E-state index contributed by atoms with van der Waals surface area (Å²) in [7, 11) is 0. The van der Waals surface area contributed by atoms with Gasteiger partial charge in [0.15, 0.2) is 11.5 Å². The third kappa shape index (κ3) is 2.31. The van der Waals surface area contributed by atoms with Crippen LogP contribution in [0.2, 0.25) is 0 Å². The van der Waals surface area contributed by atoms with E-state index in [2.05, 4.69) is 5.32 Å². The second-order valence-corrected chi connectivity index (χ2v) is 5.00. The second kappa shape index (κ2) is 4.62. The Bertz CT molecular complexity index is 504. The molecule has 6 nitrogen and oxygen atoms in total. The van der Waals surface area contributed by atoms with Crippen LogP contribution in [0, 0.1) is 0 Å². The average molecular weight is 263 g/mol. The fourth-order valence-corrected chi connectivity index (χ4v) is 2.41. The summed E-state index contributed by atoms with van der Waals surface area (Å²) >= 11 is 0. The molecule has 6 heteroatoms. The molecule has 1 aromatic carbocycles. The zero-order valence-corrected chi connectivity index (χ0v) is 10.8. The number of benzene rings is 1. The number of nitrogens with one attached hydrogen (secondary N) is 1. The quantitative estimate of drug-likeness (QED) is 0.846. The zero-order valence-electron chi connectivity index (χ0n) is 10.8. The van der Waals surface area contributed by atoms with E-state index in [-0.39, 0.29) is 24.9 Å². The summed E-state index contributed by atoms with van der Waals surface area (Å²) in [6, 6.07) is 5.62. The molecule has 0 saturated carbocycles. The summed E-state index contributed by atoms with van der Waals surface area (Å²) in [5, 5.41) is 2.95. The molecule has 102 valence electrons. The zero-order chi connectivity index (χ0) is 13.4. The van der Waals surface area contributed by atoms with Gasteiger partial charge >= 0.3 is 6.03 Å². The summed E-state index contributed by atoms with van der Waals surface area (Å²) in [6.45, 7) is 3.33. The molecule has 0 spiro atoms. The Balaban J connectivity index is 1.75. The summed E-state index contributed by atoms with van der Waals surface area (Å²) in [4.78, 5) is 13.6. The molecule has 2 aliphatic heterocycles. The maximum atomic E-state index is 11.8. The van der Waals surface area contributed by atoms with Crippen LogP contribution >= 0.6 is 0 Å². The van der Waals surface area contributed by atoms with Gasteiger partial charge in [0, 0.05) is 19.1 Å². The predicted octanol–water partition coefficient (Wildman–Crippen LogP) is 0.829. The van der Waals surface area contributed by atoms with E-state index in [0.29, 0.717) is 13.1 Å². The van der Waals surface area contributed by atoms with E-state index >= 15 is 0 Å². The maximum Gasteiger partial charge on any atom is 0.318 e. The van der Waals surface area contributed by atoms with Crippen molar-refractivity contribution in [1.82, 2.24) is 10.2 Å². The first kappa shape index (κ1) is 12.1. The minimum Gasteiger partial charge on any atom is -0.454 e. The van der Waals surface area contributed by atoms with Gasteiger partial charge in [-0.15, -0.1) is 0 Å². The Hall–Kier alpha value is -1.95. The number of nitrogens with two attached hydrogens (primary N) is 1. The molecule has 2 atom stereocenters. The van der Waals surface area contributed by atoms with Gasteiger partial charge in [-0.25, -0.2) is 4.79 Å². The molecule has 0 aliphatic carbocycles. The lowest BCUT2D eigenvalue weighted by Gasteiger charge is -2.16. The number of ether oxygens (including phenoxy) is 2. The number of urea groups is 1. The highest BCUT2D eigenvalue weighted by molar-refractivity contribution is 5.77. The van der Waals surface area contributed by atoms with E-state index in [4.69, 9.17) is 15.2 Å². The number of nitrogens with zero attached hydrogens (tertiary/aromatic N) is 1. The first-order valence-electron chi connectivity index (χ1n) is 6.34. The minimum atomic E-state index is -0.0695. The van der Waals surface area contributed by atoms with Crippen LogP contribution in [0.25, 0.3) is 0 Å². The molecule has 0 aromatic heterocycles. The van der Waals surface area contributed by atoms with E-state index in [0.717, 1.165) is 17.1 Å². The Morgan fingerprint density at radius 2 is 2.26 bits per heavy atom. The van der Waals surface area contributed by atoms with E-state index in [1.165, 1.54) is 0 Å². The van der Waals surface area contributed by atoms with Crippen LogP contribution in [0.4, 0.5) is 4.79 Å². The standard InChI is InChI=1S/C13H17N3O3/c1-8(14)5-16-6-10(15-13(16)17)9-2-3-11-12(4-9)19-7-18-11/h2-4,8,10H,5-7,14H2,1H3,(H,15,17). The normalized spacial score (nSPS) is 22.5. The van der Waals surface area contributed by atoms with Gasteiger partial charge in [-0.05, 0) is 24.6 Å².